The second-order valence-electron chi connectivity index (χ2n) is 3.58. The molecule has 1 aromatic heterocycles. The van der Waals surface area contributed by atoms with Gasteiger partial charge in [0.15, 0.2) is 0 Å². The number of fused-ring (bicyclic) bond motifs is 1. The standard InChI is InChI=1S/C13H14BrNO/c1-2-16-8-6-10-5-7-15-13-9-11(14)3-4-12(10)13/h3-5,7,9H,2,6,8H2,1H3. The summed E-state index contributed by atoms with van der Waals surface area (Å²) in [5, 5.41) is 1.21. The lowest BCUT2D eigenvalue weighted by Gasteiger charge is -2.06. The molecule has 2 aromatic rings. The van der Waals surface area contributed by atoms with Crippen molar-refractivity contribution in [2.45, 2.75) is 13.3 Å². The van der Waals surface area contributed by atoms with Gasteiger partial charge in [-0.05, 0) is 37.1 Å². The van der Waals surface area contributed by atoms with Crippen LogP contribution in [0.15, 0.2) is 34.9 Å². The number of hydrogen-bond donors (Lipinski definition) is 0. The minimum Gasteiger partial charge on any atom is -0.381 e. The predicted molar refractivity (Wildman–Crippen MR) is 69.6 cm³/mol. The van der Waals surface area contributed by atoms with E-state index in [4.69, 9.17) is 4.74 Å². The van der Waals surface area contributed by atoms with Gasteiger partial charge in [-0.3, -0.25) is 4.98 Å². The van der Waals surface area contributed by atoms with Gasteiger partial charge in [0.05, 0.1) is 12.1 Å². The fraction of sp³-hybridized carbons (Fsp3) is 0.308. The quantitative estimate of drug-likeness (QED) is 0.799. The molecule has 0 atom stereocenters. The molecule has 0 bridgehead atoms. The number of ether oxygens (including phenoxy) is 1. The third kappa shape index (κ3) is 2.60. The molecule has 2 nitrogen and oxygen atoms in total. The molecule has 0 unspecified atom stereocenters. The summed E-state index contributed by atoms with van der Waals surface area (Å²) >= 11 is 3.46. The van der Waals surface area contributed by atoms with Crippen LogP contribution >= 0.6 is 15.9 Å². The van der Waals surface area contributed by atoms with Crippen LogP contribution in [0.4, 0.5) is 0 Å². The van der Waals surface area contributed by atoms with Gasteiger partial charge in [-0.2, -0.15) is 0 Å². The van der Waals surface area contributed by atoms with E-state index in [0.717, 1.165) is 29.6 Å². The highest BCUT2D eigenvalue weighted by atomic mass is 79.9. The van der Waals surface area contributed by atoms with E-state index in [2.05, 4.69) is 33.0 Å². The smallest absolute Gasteiger partial charge is 0.0715 e. The van der Waals surface area contributed by atoms with Crippen LogP contribution in [0.5, 0.6) is 0 Å². The molecule has 0 aliphatic rings. The molecule has 0 N–H and O–H groups in total. The Balaban J connectivity index is 2.30. The maximum absolute atomic E-state index is 5.38. The van der Waals surface area contributed by atoms with E-state index < -0.39 is 0 Å². The number of benzene rings is 1. The molecule has 1 heterocycles. The molecule has 0 fully saturated rings. The molecule has 0 radical (unpaired) electrons. The van der Waals surface area contributed by atoms with Crippen molar-refractivity contribution in [2.75, 3.05) is 13.2 Å². The predicted octanol–water partition coefficient (Wildman–Crippen LogP) is 3.58. The van der Waals surface area contributed by atoms with Crippen LogP contribution < -0.4 is 0 Å². The number of pyridine rings is 1. The van der Waals surface area contributed by atoms with E-state index in [1.54, 1.807) is 0 Å². The Bertz CT molecular complexity index is 484. The highest BCUT2D eigenvalue weighted by Gasteiger charge is 2.02. The van der Waals surface area contributed by atoms with Crippen LogP contribution in [0, 0.1) is 0 Å². The molecule has 1 aromatic carbocycles. The summed E-state index contributed by atoms with van der Waals surface area (Å²) in [5.41, 5.74) is 2.33. The van der Waals surface area contributed by atoms with Crippen LogP contribution in [0.3, 0.4) is 0 Å². The zero-order valence-corrected chi connectivity index (χ0v) is 10.8. The summed E-state index contributed by atoms with van der Waals surface area (Å²) < 4.78 is 6.44. The van der Waals surface area contributed by atoms with Crippen molar-refractivity contribution < 1.29 is 4.74 Å². The molecule has 2 rings (SSSR count). The zero-order chi connectivity index (χ0) is 11.4. The maximum Gasteiger partial charge on any atom is 0.0715 e. The van der Waals surface area contributed by atoms with E-state index in [0.29, 0.717) is 0 Å². The maximum atomic E-state index is 5.38. The third-order valence-electron chi connectivity index (χ3n) is 2.51. The number of rotatable bonds is 4. The fourth-order valence-corrected chi connectivity index (χ4v) is 2.07. The highest BCUT2D eigenvalue weighted by molar-refractivity contribution is 9.10. The molecule has 0 aliphatic carbocycles. The molecule has 0 amide bonds. The summed E-state index contributed by atoms with van der Waals surface area (Å²) in [4.78, 5) is 4.36. The van der Waals surface area contributed by atoms with E-state index in [1.807, 2.05) is 25.3 Å². The molecule has 16 heavy (non-hydrogen) atoms. The monoisotopic (exact) mass is 279 g/mol. The Kier molecular flexibility index (Phi) is 3.91. The molecule has 0 aliphatic heterocycles. The lowest BCUT2D eigenvalue weighted by Crippen LogP contribution is -1.98. The van der Waals surface area contributed by atoms with Gasteiger partial charge in [0, 0.05) is 22.7 Å². The average molecular weight is 280 g/mol. The van der Waals surface area contributed by atoms with Crippen molar-refractivity contribution in [3.8, 4) is 0 Å². The molecule has 84 valence electrons. The lowest BCUT2D eigenvalue weighted by atomic mass is 10.1. The van der Waals surface area contributed by atoms with Gasteiger partial charge in [-0.1, -0.05) is 22.0 Å². The Labute approximate surface area is 104 Å². The number of halogens is 1. The summed E-state index contributed by atoms with van der Waals surface area (Å²) in [7, 11) is 0. The van der Waals surface area contributed by atoms with E-state index in [9.17, 15) is 0 Å². The second-order valence-corrected chi connectivity index (χ2v) is 4.49. The number of nitrogens with zero attached hydrogens (tertiary/aromatic N) is 1. The topological polar surface area (TPSA) is 22.1 Å². The first kappa shape index (κ1) is 11.6. The Morgan fingerprint density at radius 1 is 1.31 bits per heavy atom. The Morgan fingerprint density at radius 2 is 2.19 bits per heavy atom. The SMILES string of the molecule is CCOCCc1ccnc2cc(Br)ccc12. The van der Waals surface area contributed by atoms with Gasteiger partial charge >= 0.3 is 0 Å². The van der Waals surface area contributed by atoms with Gasteiger partial charge < -0.3 is 4.74 Å². The first-order chi connectivity index (χ1) is 7.81. The fourth-order valence-electron chi connectivity index (χ4n) is 1.72. The Hall–Kier alpha value is -0.930. The summed E-state index contributed by atoms with van der Waals surface area (Å²) in [5.74, 6) is 0. The first-order valence-electron chi connectivity index (χ1n) is 5.42. The summed E-state index contributed by atoms with van der Waals surface area (Å²) in [6.07, 6.45) is 2.80. The molecule has 0 spiro atoms. The molecular formula is C13H14BrNO. The van der Waals surface area contributed by atoms with Crippen molar-refractivity contribution in [1.29, 1.82) is 0 Å². The average Bonchev–Trinajstić information content (AvgIpc) is 2.29. The largest absolute Gasteiger partial charge is 0.381 e. The summed E-state index contributed by atoms with van der Waals surface area (Å²) in [6.45, 7) is 3.56. The van der Waals surface area contributed by atoms with Gasteiger partial charge in [-0.15, -0.1) is 0 Å². The van der Waals surface area contributed by atoms with Crippen LogP contribution in [0.1, 0.15) is 12.5 Å². The molecule has 0 saturated heterocycles. The van der Waals surface area contributed by atoms with Gasteiger partial charge in [0.2, 0.25) is 0 Å². The minimum absolute atomic E-state index is 0.770. The molecule has 3 heteroatoms. The first-order valence-corrected chi connectivity index (χ1v) is 6.21. The van der Waals surface area contributed by atoms with Gasteiger partial charge in [0.1, 0.15) is 0 Å². The molecular weight excluding hydrogens is 266 g/mol. The Morgan fingerprint density at radius 3 is 3.00 bits per heavy atom. The van der Waals surface area contributed by atoms with Crippen molar-refractivity contribution in [2.24, 2.45) is 0 Å². The van der Waals surface area contributed by atoms with E-state index in [1.165, 1.54) is 10.9 Å². The zero-order valence-electron chi connectivity index (χ0n) is 9.24. The van der Waals surface area contributed by atoms with Crippen molar-refractivity contribution in [1.82, 2.24) is 4.98 Å². The van der Waals surface area contributed by atoms with Crippen LogP contribution in [-0.4, -0.2) is 18.2 Å². The normalized spacial score (nSPS) is 10.9. The highest BCUT2D eigenvalue weighted by Crippen LogP contribution is 2.21. The summed E-state index contributed by atoms with van der Waals surface area (Å²) in [6, 6.07) is 8.26. The third-order valence-corrected chi connectivity index (χ3v) is 3.01. The van der Waals surface area contributed by atoms with Crippen molar-refractivity contribution >= 4 is 26.8 Å². The minimum atomic E-state index is 0.770. The van der Waals surface area contributed by atoms with Crippen LogP contribution in [0.2, 0.25) is 0 Å². The van der Waals surface area contributed by atoms with Crippen LogP contribution in [-0.2, 0) is 11.2 Å². The lowest BCUT2D eigenvalue weighted by molar-refractivity contribution is 0.151. The number of aromatic nitrogens is 1. The van der Waals surface area contributed by atoms with Gasteiger partial charge in [-0.25, -0.2) is 0 Å². The van der Waals surface area contributed by atoms with Gasteiger partial charge in [0.25, 0.3) is 0 Å². The van der Waals surface area contributed by atoms with Crippen LogP contribution in [0.25, 0.3) is 10.9 Å². The van der Waals surface area contributed by atoms with Crippen molar-refractivity contribution in [3.05, 3.63) is 40.5 Å². The number of hydrogen-bond acceptors (Lipinski definition) is 2. The van der Waals surface area contributed by atoms with E-state index >= 15 is 0 Å². The molecule has 0 saturated carbocycles. The second kappa shape index (κ2) is 5.41. The van der Waals surface area contributed by atoms with E-state index in [-0.39, 0.29) is 0 Å². The van der Waals surface area contributed by atoms with Crippen molar-refractivity contribution in [3.63, 3.8) is 0 Å².